The molecule has 0 aromatic heterocycles. The summed E-state index contributed by atoms with van der Waals surface area (Å²) in [5.41, 5.74) is 5.45. The molecule has 3 atom stereocenters. The van der Waals surface area contributed by atoms with Gasteiger partial charge in [-0.1, -0.05) is 33.6 Å². The van der Waals surface area contributed by atoms with Gasteiger partial charge in [-0.3, -0.25) is 4.79 Å². The van der Waals surface area contributed by atoms with E-state index in [0.29, 0.717) is 30.7 Å². The van der Waals surface area contributed by atoms with Gasteiger partial charge in [-0.05, 0) is 50.0 Å². The molecule has 20 heavy (non-hydrogen) atoms. The molecule has 1 aliphatic rings. The van der Waals surface area contributed by atoms with Gasteiger partial charge in [0.05, 0.1) is 0 Å². The van der Waals surface area contributed by atoms with Crippen LogP contribution in [0.5, 0.6) is 0 Å². The fourth-order valence-corrected chi connectivity index (χ4v) is 3.07. The van der Waals surface area contributed by atoms with Crippen LogP contribution in [0.2, 0.25) is 0 Å². The van der Waals surface area contributed by atoms with Crippen LogP contribution in [-0.2, 0) is 9.53 Å². The van der Waals surface area contributed by atoms with E-state index in [4.69, 9.17) is 10.5 Å². The first-order chi connectivity index (χ1) is 9.04. The highest BCUT2D eigenvalue weighted by molar-refractivity contribution is 5.85. The van der Waals surface area contributed by atoms with Crippen LogP contribution in [0.4, 0.5) is 0 Å². The van der Waals surface area contributed by atoms with Crippen molar-refractivity contribution in [3.63, 3.8) is 0 Å². The number of carbonyl (C=O) groups excluding carboxylic acids is 1. The van der Waals surface area contributed by atoms with Crippen molar-refractivity contribution in [2.75, 3.05) is 6.54 Å². The Kier molecular flexibility index (Phi) is 10.3. The zero-order valence-corrected chi connectivity index (χ0v) is 14.1. The number of ether oxygens (including phenoxy) is 1. The molecule has 120 valence electrons. The Hall–Kier alpha value is -0.280. The van der Waals surface area contributed by atoms with Gasteiger partial charge in [0.1, 0.15) is 6.10 Å². The minimum atomic E-state index is -0.0122. The number of rotatable bonds is 7. The van der Waals surface area contributed by atoms with Crippen LogP contribution < -0.4 is 5.73 Å². The van der Waals surface area contributed by atoms with Crippen molar-refractivity contribution in [3.8, 4) is 0 Å². The first-order valence-corrected chi connectivity index (χ1v) is 7.94. The highest BCUT2D eigenvalue weighted by Crippen LogP contribution is 2.35. The van der Waals surface area contributed by atoms with E-state index in [-0.39, 0.29) is 24.5 Å². The Balaban J connectivity index is 0.00000361. The van der Waals surface area contributed by atoms with Gasteiger partial charge in [0.25, 0.3) is 0 Å². The summed E-state index contributed by atoms with van der Waals surface area (Å²) in [4.78, 5) is 11.9. The van der Waals surface area contributed by atoms with Gasteiger partial charge in [-0.2, -0.15) is 0 Å². The highest BCUT2D eigenvalue weighted by atomic mass is 35.5. The molecule has 1 rings (SSSR count). The molecule has 0 bridgehead atoms. The molecule has 4 heteroatoms. The SMILES string of the molecule is CC(C)[C@@H]1CC[C@@H](C)C[C@H]1OC(=O)CCCCCN.Cl. The summed E-state index contributed by atoms with van der Waals surface area (Å²) in [5.74, 6) is 1.82. The first kappa shape index (κ1) is 19.7. The van der Waals surface area contributed by atoms with Gasteiger partial charge >= 0.3 is 5.97 Å². The average Bonchev–Trinajstić information content (AvgIpc) is 2.34. The van der Waals surface area contributed by atoms with Crippen molar-refractivity contribution < 1.29 is 9.53 Å². The maximum absolute atomic E-state index is 11.9. The monoisotopic (exact) mass is 305 g/mol. The predicted molar refractivity (Wildman–Crippen MR) is 86.0 cm³/mol. The largest absolute Gasteiger partial charge is 0.462 e. The molecule has 0 amide bonds. The maximum Gasteiger partial charge on any atom is 0.306 e. The topological polar surface area (TPSA) is 52.3 Å². The number of hydrogen-bond acceptors (Lipinski definition) is 3. The van der Waals surface area contributed by atoms with Crippen LogP contribution >= 0.6 is 12.4 Å². The van der Waals surface area contributed by atoms with Crippen molar-refractivity contribution >= 4 is 18.4 Å². The molecule has 3 nitrogen and oxygen atoms in total. The Morgan fingerprint density at radius 3 is 2.55 bits per heavy atom. The van der Waals surface area contributed by atoms with Gasteiger partial charge in [0.15, 0.2) is 0 Å². The second kappa shape index (κ2) is 10.4. The lowest BCUT2D eigenvalue weighted by Crippen LogP contribution is -2.35. The third-order valence-corrected chi connectivity index (χ3v) is 4.33. The lowest BCUT2D eigenvalue weighted by atomic mass is 9.75. The minimum absolute atomic E-state index is 0. The van der Waals surface area contributed by atoms with Gasteiger partial charge in [-0.15, -0.1) is 12.4 Å². The summed E-state index contributed by atoms with van der Waals surface area (Å²) < 4.78 is 5.75. The third-order valence-electron chi connectivity index (χ3n) is 4.33. The van der Waals surface area contributed by atoms with Gasteiger partial charge in [-0.25, -0.2) is 0 Å². The van der Waals surface area contributed by atoms with Crippen molar-refractivity contribution in [2.45, 2.75) is 71.8 Å². The van der Waals surface area contributed by atoms with Crippen LogP contribution in [0.15, 0.2) is 0 Å². The fraction of sp³-hybridized carbons (Fsp3) is 0.938. The predicted octanol–water partition coefficient (Wildman–Crippen LogP) is 3.93. The zero-order valence-electron chi connectivity index (χ0n) is 13.3. The summed E-state index contributed by atoms with van der Waals surface area (Å²) in [5, 5.41) is 0. The third kappa shape index (κ3) is 6.94. The molecular weight excluding hydrogens is 274 g/mol. The van der Waals surface area contributed by atoms with Gasteiger partial charge in [0, 0.05) is 6.42 Å². The average molecular weight is 306 g/mol. The molecule has 1 fully saturated rings. The molecule has 0 aliphatic heterocycles. The normalized spacial score (nSPS) is 26.1. The Bertz CT molecular complexity index is 271. The molecule has 0 heterocycles. The number of carbonyl (C=O) groups is 1. The van der Waals surface area contributed by atoms with E-state index < -0.39 is 0 Å². The summed E-state index contributed by atoms with van der Waals surface area (Å²) >= 11 is 0. The molecule has 2 N–H and O–H groups in total. The van der Waals surface area contributed by atoms with Crippen LogP contribution in [0.3, 0.4) is 0 Å². The Morgan fingerprint density at radius 1 is 1.25 bits per heavy atom. The number of unbranched alkanes of at least 4 members (excludes halogenated alkanes) is 2. The summed E-state index contributed by atoms with van der Waals surface area (Å²) in [6, 6.07) is 0. The quantitative estimate of drug-likeness (QED) is 0.572. The molecule has 0 aromatic rings. The molecule has 0 saturated heterocycles. The Labute approximate surface area is 130 Å². The standard InChI is InChI=1S/C16H31NO2.ClH/c1-12(2)14-9-8-13(3)11-15(14)19-16(18)7-5-4-6-10-17;/h12-15H,4-11,17H2,1-3H3;1H/t13-,14+,15-;/m1./s1. The molecule has 1 saturated carbocycles. The van der Waals surface area contributed by atoms with Crippen molar-refractivity contribution in [2.24, 2.45) is 23.5 Å². The Morgan fingerprint density at radius 2 is 1.95 bits per heavy atom. The second-order valence-electron chi connectivity index (χ2n) is 6.45. The number of halogens is 1. The van der Waals surface area contributed by atoms with Gasteiger partial charge in [0.2, 0.25) is 0 Å². The number of nitrogens with two attached hydrogens (primary N) is 1. The van der Waals surface area contributed by atoms with E-state index in [1.165, 1.54) is 12.8 Å². The molecule has 0 aromatic carbocycles. The summed E-state index contributed by atoms with van der Waals surface area (Å²) in [6.07, 6.45) is 7.14. The van der Waals surface area contributed by atoms with E-state index in [9.17, 15) is 4.79 Å². The van der Waals surface area contributed by atoms with E-state index in [0.717, 1.165) is 25.7 Å². The van der Waals surface area contributed by atoms with E-state index in [1.807, 2.05) is 0 Å². The lowest BCUT2D eigenvalue weighted by Gasteiger charge is -2.36. The lowest BCUT2D eigenvalue weighted by molar-refractivity contribution is -0.156. The van der Waals surface area contributed by atoms with E-state index in [1.54, 1.807) is 0 Å². The van der Waals surface area contributed by atoms with Crippen molar-refractivity contribution in [3.05, 3.63) is 0 Å². The molecule has 0 radical (unpaired) electrons. The van der Waals surface area contributed by atoms with E-state index in [2.05, 4.69) is 20.8 Å². The molecule has 0 unspecified atom stereocenters. The van der Waals surface area contributed by atoms with Gasteiger partial charge < -0.3 is 10.5 Å². The van der Waals surface area contributed by atoms with Crippen molar-refractivity contribution in [1.29, 1.82) is 0 Å². The minimum Gasteiger partial charge on any atom is -0.462 e. The van der Waals surface area contributed by atoms with Crippen LogP contribution in [0, 0.1) is 17.8 Å². The first-order valence-electron chi connectivity index (χ1n) is 7.94. The van der Waals surface area contributed by atoms with E-state index >= 15 is 0 Å². The summed E-state index contributed by atoms with van der Waals surface area (Å²) in [6.45, 7) is 7.45. The smallest absolute Gasteiger partial charge is 0.306 e. The number of esters is 1. The zero-order chi connectivity index (χ0) is 14.3. The second-order valence-corrected chi connectivity index (χ2v) is 6.45. The highest BCUT2D eigenvalue weighted by Gasteiger charge is 2.33. The molecular formula is C16H32ClNO2. The molecule has 0 spiro atoms. The fourth-order valence-electron chi connectivity index (χ4n) is 3.07. The van der Waals surface area contributed by atoms with Crippen LogP contribution in [0.1, 0.15) is 65.7 Å². The molecule has 1 aliphatic carbocycles. The summed E-state index contributed by atoms with van der Waals surface area (Å²) in [7, 11) is 0. The van der Waals surface area contributed by atoms with Crippen LogP contribution in [-0.4, -0.2) is 18.6 Å². The maximum atomic E-state index is 11.9. The van der Waals surface area contributed by atoms with Crippen LogP contribution in [0.25, 0.3) is 0 Å². The number of hydrogen-bond donors (Lipinski definition) is 1. The van der Waals surface area contributed by atoms with Crippen molar-refractivity contribution in [1.82, 2.24) is 0 Å².